The van der Waals surface area contributed by atoms with Gasteiger partial charge in [0.25, 0.3) is 0 Å². The maximum Gasteiger partial charge on any atom is 0.0309 e. The maximum absolute atomic E-state index is 3.80. The second-order valence-corrected chi connectivity index (χ2v) is 5.96. The number of nitrogens with one attached hydrogen (secondary N) is 1. The Hall–Kier alpha value is -0.0800. The van der Waals surface area contributed by atoms with Crippen molar-refractivity contribution in [2.45, 2.75) is 57.0 Å². The van der Waals surface area contributed by atoms with Crippen molar-refractivity contribution in [2.75, 3.05) is 19.6 Å². The van der Waals surface area contributed by atoms with Gasteiger partial charge < -0.3 is 5.32 Å². The molecule has 1 unspecified atom stereocenters. The molecule has 0 bridgehead atoms. The lowest BCUT2D eigenvalue weighted by molar-refractivity contribution is 0.0915. The number of nitrogens with zero attached hydrogens (tertiary/aromatic N) is 1. The molecule has 2 heteroatoms. The second kappa shape index (κ2) is 3.74. The summed E-state index contributed by atoms with van der Waals surface area (Å²) in [4.78, 5) is 2.76. The van der Waals surface area contributed by atoms with Crippen LogP contribution in [0.25, 0.3) is 0 Å². The monoisotopic (exact) mass is 208 g/mol. The van der Waals surface area contributed by atoms with Crippen LogP contribution >= 0.6 is 0 Å². The fourth-order valence-electron chi connectivity index (χ4n) is 3.60. The van der Waals surface area contributed by atoms with Crippen molar-refractivity contribution < 1.29 is 0 Å². The van der Waals surface area contributed by atoms with Crippen molar-refractivity contribution >= 4 is 0 Å². The maximum atomic E-state index is 3.80. The molecular weight excluding hydrogens is 184 g/mol. The molecule has 1 saturated heterocycles. The van der Waals surface area contributed by atoms with Crippen molar-refractivity contribution in [3.63, 3.8) is 0 Å². The van der Waals surface area contributed by atoms with Gasteiger partial charge in [0.15, 0.2) is 0 Å². The van der Waals surface area contributed by atoms with E-state index >= 15 is 0 Å². The first-order valence-corrected chi connectivity index (χ1v) is 6.78. The van der Waals surface area contributed by atoms with E-state index < -0.39 is 0 Å². The largest absolute Gasteiger partial charge is 0.309 e. The molecule has 1 atom stereocenters. The molecule has 3 aliphatic rings. The van der Waals surface area contributed by atoms with Gasteiger partial charge in [-0.3, -0.25) is 4.90 Å². The summed E-state index contributed by atoms with van der Waals surface area (Å²) in [5, 5.41) is 3.80. The van der Waals surface area contributed by atoms with Gasteiger partial charge in [-0.1, -0.05) is 12.8 Å². The Kier molecular flexibility index (Phi) is 2.52. The Morgan fingerprint density at radius 3 is 2.67 bits per heavy atom. The molecule has 0 aromatic heterocycles. The lowest BCUT2D eigenvalue weighted by Crippen LogP contribution is -2.61. The molecule has 3 rings (SSSR count). The zero-order valence-electron chi connectivity index (χ0n) is 9.97. The number of hydrogen-bond donors (Lipinski definition) is 1. The van der Waals surface area contributed by atoms with Gasteiger partial charge in [-0.15, -0.1) is 0 Å². The van der Waals surface area contributed by atoms with E-state index in [1.54, 1.807) is 0 Å². The highest BCUT2D eigenvalue weighted by molar-refractivity contribution is 5.00. The Balaban J connectivity index is 1.64. The lowest BCUT2D eigenvalue weighted by atomic mass is 9.93. The average Bonchev–Trinajstić information content (AvgIpc) is 3.02. The molecule has 1 N–H and O–H groups in total. The topological polar surface area (TPSA) is 15.3 Å². The van der Waals surface area contributed by atoms with Crippen molar-refractivity contribution in [1.82, 2.24) is 10.2 Å². The van der Waals surface area contributed by atoms with Crippen molar-refractivity contribution in [3.05, 3.63) is 0 Å². The van der Waals surface area contributed by atoms with E-state index in [2.05, 4.69) is 17.1 Å². The van der Waals surface area contributed by atoms with Gasteiger partial charge in [-0.05, 0) is 38.5 Å². The minimum atomic E-state index is 0.515. The number of hydrogen-bond acceptors (Lipinski definition) is 2. The molecule has 15 heavy (non-hydrogen) atoms. The van der Waals surface area contributed by atoms with E-state index in [-0.39, 0.29) is 0 Å². The molecule has 2 saturated carbocycles. The van der Waals surface area contributed by atoms with Crippen molar-refractivity contribution in [2.24, 2.45) is 5.92 Å². The normalized spacial score (nSPS) is 33.4. The Labute approximate surface area is 93.4 Å². The Morgan fingerprint density at radius 1 is 1.27 bits per heavy atom. The van der Waals surface area contributed by atoms with Gasteiger partial charge in [0.2, 0.25) is 0 Å². The minimum Gasteiger partial charge on any atom is -0.309 e. The first kappa shape index (κ1) is 10.1. The summed E-state index contributed by atoms with van der Waals surface area (Å²) in [6.45, 7) is 6.27. The van der Waals surface area contributed by atoms with Crippen LogP contribution in [0, 0.1) is 5.92 Å². The fraction of sp³-hybridized carbons (Fsp3) is 1.00. The average molecular weight is 208 g/mol. The number of piperazine rings is 1. The molecule has 2 nitrogen and oxygen atoms in total. The molecule has 3 fully saturated rings. The van der Waals surface area contributed by atoms with Crippen LogP contribution in [-0.4, -0.2) is 36.1 Å². The third-order valence-corrected chi connectivity index (χ3v) is 4.85. The third-order valence-electron chi connectivity index (χ3n) is 4.85. The van der Waals surface area contributed by atoms with E-state index in [1.807, 2.05) is 0 Å². The van der Waals surface area contributed by atoms with Crippen LogP contribution in [0.5, 0.6) is 0 Å². The van der Waals surface area contributed by atoms with E-state index in [9.17, 15) is 0 Å². The summed E-state index contributed by atoms with van der Waals surface area (Å²) >= 11 is 0. The highest BCUT2D eigenvalue weighted by atomic mass is 15.2. The summed E-state index contributed by atoms with van der Waals surface area (Å²) in [5.41, 5.74) is 0.515. The summed E-state index contributed by atoms with van der Waals surface area (Å²) < 4.78 is 0. The van der Waals surface area contributed by atoms with Gasteiger partial charge in [-0.2, -0.15) is 0 Å². The molecule has 0 radical (unpaired) electrons. The molecule has 2 aliphatic carbocycles. The third kappa shape index (κ3) is 1.94. The first-order chi connectivity index (χ1) is 7.29. The smallest absolute Gasteiger partial charge is 0.0309 e. The van der Waals surface area contributed by atoms with Gasteiger partial charge in [0.05, 0.1) is 0 Å². The Bertz CT molecular complexity index is 229. The minimum absolute atomic E-state index is 0.515. The van der Waals surface area contributed by atoms with Crippen molar-refractivity contribution in [1.29, 1.82) is 0 Å². The predicted octanol–water partition coefficient (Wildman–Crippen LogP) is 2.00. The SMILES string of the molecule is CC(C1CC1)N1CCNC2(CCCC2)C1. The molecule has 0 aromatic carbocycles. The van der Waals surface area contributed by atoms with Crippen LogP contribution in [0.2, 0.25) is 0 Å². The van der Waals surface area contributed by atoms with Crippen LogP contribution < -0.4 is 5.32 Å². The lowest BCUT2D eigenvalue weighted by Gasteiger charge is -2.44. The van der Waals surface area contributed by atoms with Gasteiger partial charge in [0, 0.05) is 31.2 Å². The zero-order valence-corrected chi connectivity index (χ0v) is 9.97. The summed E-state index contributed by atoms with van der Waals surface area (Å²) in [6, 6.07) is 0.851. The molecule has 1 heterocycles. The molecule has 86 valence electrons. The van der Waals surface area contributed by atoms with Crippen LogP contribution in [0.3, 0.4) is 0 Å². The predicted molar refractivity (Wildman–Crippen MR) is 63.0 cm³/mol. The molecule has 1 aliphatic heterocycles. The molecule has 1 spiro atoms. The quantitative estimate of drug-likeness (QED) is 0.747. The van der Waals surface area contributed by atoms with E-state index in [4.69, 9.17) is 0 Å². The molecule has 0 aromatic rings. The van der Waals surface area contributed by atoms with E-state index in [0.717, 1.165) is 12.0 Å². The summed E-state index contributed by atoms with van der Waals surface area (Å²) in [6.07, 6.45) is 8.69. The molecular formula is C13H24N2. The van der Waals surface area contributed by atoms with Crippen LogP contribution in [0.15, 0.2) is 0 Å². The standard InChI is InChI=1S/C13H24N2/c1-11(12-4-5-12)15-9-8-14-13(10-15)6-2-3-7-13/h11-12,14H,2-10H2,1H3. The highest BCUT2D eigenvalue weighted by Gasteiger charge is 2.41. The van der Waals surface area contributed by atoms with Gasteiger partial charge >= 0.3 is 0 Å². The van der Waals surface area contributed by atoms with Crippen LogP contribution in [-0.2, 0) is 0 Å². The number of rotatable bonds is 2. The van der Waals surface area contributed by atoms with Gasteiger partial charge in [-0.25, -0.2) is 0 Å². The fourth-order valence-corrected chi connectivity index (χ4v) is 3.60. The van der Waals surface area contributed by atoms with Crippen molar-refractivity contribution in [3.8, 4) is 0 Å². The highest BCUT2D eigenvalue weighted by Crippen LogP contribution is 2.38. The summed E-state index contributed by atoms with van der Waals surface area (Å²) in [5.74, 6) is 1.03. The second-order valence-electron chi connectivity index (χ2n) is 5.96. The summed E-state index contributed by atoms with van der Waals surface area (Å²) in [7, 11) is 0. The molecule has 0 amide bonds. The van der Waals surface area contributed by atoms with Crippen LogP contribution in [0.4, 0.5) is 0 Å². The van der Waals surface area contributed by atoms with Gasteiger partial charge in [0.1, 0.15) is 0 Å². The van der Waals surface area contributed by atoms with E-state index in [0.29, 0.717) is 5.54 Å². The van der Waals surface area contributed by atoms with Crippen LogP contribution in [0.1, 0.15) is 45.4 Å². The Morgan fingerprint density at radius 2 is 2.00 bits per heavy atom. The van der Waals surface area contributed by atoms with E-state index in [1.165, 1.54) is 58.2 Å². The first-order valence-electron chi connectivity index (χ1n) is 6.78. The zero-order chi connectivity index (χ0) is 10.3.